The van der Waals surface area contributed by atoms with Crippen molar-refractivity contribution in [3.63, 3.8) is 0 Å². The van der Waals surface area contributed by atoms with Crippen molar-refractivity contribution in [1.82, 2.24) is 4.90 Å². The van der Waals surface area contributed by atoms with Crippen molar-refractivity contribution in [3.8, 4) is 5.75 Å². The van der Waals surface area contributed by atoms with Gasteiger partial charge in [0.1, 0.15) is 5.75 Å². The zero-order chi connectivity index (χ0) is 14.7. The van der Waals surface area contributed by atoms with Gasteiger partial charge in [0.2, 0.25) is 0 Å². The average molecular weight is 281 g/mol. The number of para-hydroxylation sites is 1. The van der Waals surface area contributed by atoms with Gasteiger partial charge in [-0.05, 0) is 24.1 Å². The van der Waals surface area contributed by atoms with Crippen LogP contribution in [0.15, 0.2) is 54.6 Å². The second-order valence-corrected chi connectivity index (χ2v) is 5.35. The molecule has 1 heterocycles. The number of carbonyl (C=O) groups excluding carboxylic acids is 1. The predicted molar refractivity (Wildman–Crippen MR) is 82.7 cm³/mol. The maximum absolute atomic E-state index is 12.6. The van der Waals surface area contributed by atoms with Gasteiger partial charge in [0.25, 0.3) is 5.91 Å². The van der Waals surface area contributed by atoms with Crippen molar-refractivity contribution >= 4 is 5.91 Å². The van der Waals surface area contributed by atoms with E-state index in [0.29, 0.717) is 17.2 Å². The lowest BCUT2D eigenvalue weighted by molar-refractivity contribution is 0.0787. The van der Waals surface area contributed by atoms with Gasteiger partial charge in [0.05, 0.1) is 12.7 Å². The van der Waals surface area contributed by atoms with Gasteiger partial charge in [-0.3, -0.25) is 4.79 Å². The monoisotopic (exact) mass is 281 g/mol. The predicted octanol–water partition coefficient (Wildman–Crippen LogP) is 3.32. The number of ether oxygens (including phenoxy) is 1. The number of methoxy groups -OCH3 is 1. The molecule has 1 atom stereocenters. The summed E-state index contributed by atoms with van der Waals surface area (Å²) in [5.74, 6) is 1.14. The van der Waals surface area contributed by atoms with Crippen LogP contribution in [-0.2, 0) is 0 Å². The number of benzene rings is 2. The van der Waals surface area contributed by atoms with Crippen LogP contribution in [0.4, 0.5) is 0 Å². The molecule has 1 fully saturated rings. The molecule has 0 bridgehead atoms. The molecule has 0 aliphatic carbocycles. The van der Waals surface area contributed by atoms with E-state index in [1.54, 1.807) is 7.11 Å². The Morgan fingerprint density at radius 1 is 1.10 bits per heavy atom. The third-order valence-electron chi connectivity index (χ3n) is 4.08. The molecule has 3 heteroatoms. The van der Waals surface area contributed by atoms with Gasteiger partial charge in [0.15, 0.2) is 0 Å². The van der Waals surface area contributed by atoms with Crippen LogP contribution in [0.25, 0.3) is 0 Å². The molecule has 0 spiro atoms. The summed E-state index contributed by atoms with van der Waals surface area (Å²) in [6.45, 7) is 1.58. The van der Waals surface area contributed by atoms with Gasteiger partial charge in [-0.25, -0.2) is 0 Å². The maximum atomic E-state index is 12.6. The number of likely N-dealkylation sites (tertiary alicyclic amines) is 1. The van der Waals surface area contributed by atoms with Gasteiger partial charge >= 0.3 is 0 Å². The Morgan fingerprint density at radius 2 is 1.81 bits per heavy atom. The van der Waals surface area contributed by atoms with E-state index in [9.17, 15) is 4.79 Å². The summed E-state index contributed by atoms with van der Waals surface area (Å²) in [5.41, 5.74) is 1.96. The van der Waals surface area contributed by atoms with Crippen molar-refractivity contribution in [2.75, 3.05) is 20.2 Å². The van der Waals surface area contributed by atoms with E-state index in [4.69, 9.17) is 4.74 Å². The Balaban J connectivity index is 1.75. The van der Waals surface area contributed by atoms with Gasteiger partial charge < -0.3 is 9.64 Å². The molecule has 0 N–H and O–H groups in total. The van der Waals surface area contributed by atoms with Crippen LogP contribution in [0.5, 0.6) is 5.75 Å². The summed E-state index contributed by atoms with van der Waals surface area (Å²) < 4.78 is 5.29. The van der Waals surface area contributed by atoms with Gasteiger partial charge in [-0.15, -0.1) is 0 Å². The molecule has 1 amide bonds. The molecule has 0 aromatic heterocycles. The lowest BCUT2D eigenvalue weighted by atomic mass is 9.99. The number of hydrogen-bond donors (Lipinski definition) is 0. The zero-order valence-corrected chi connectivity index (χ0v) is 12.2. The molecule has 3 rings (SSSR count). The van der Waals surface area contributed by atoms with Crippen molar-refractivity contribution in [1.29, 1.82) is 0 Å². The zero-order valence-electron chi connectivity index (χ0n) is 12.2. The van der Waals surface area contributed by atoms with Crippen molar-refractivity contribution < 1.29 is 9.53 Å². The Hall–Kier alpha value is -2.29. The first-order chi connectivity index (χ1) is 10.3. The van der Waals surface area contributed by atoms with E-state index >= 15 is 0 Å². The second-order valence-electron chi connectivity index (χ2n) is 5.35. The van der Waals surface area contributed by atoms with Gasteiger partial charge in [-0.1, -0.05) is 42.5 Å². The van der Waals surface area contributed by atoms with Crippen molar-refractivity contribution in [3.05, 3.63) is 65.7 Å². The fourth-order valence-electron chi connectivity index (χ4n) is 2.93. The topological polar surface area (TPSA) is 29.5 Å². The van der Waals surface area contributed by atoms with Crippen LogP contribution < -0.4 is 4.74 Å². The van der Waals surface area contributed by atoms with Crippen LogP contribution in [0.2, 0.25) is 0 Å². The summed E-state index contributed by atoms with van der Waals surface area (Å²) in [4.78, 5) is 14.6. The van der Waals surface area contributed by atoms with Crippen LogP contribution >= 0.6 is 0 Å². The van der Waals surface area contributed by atoms with E-state index in [1.165, 1.54) is 5.56 Å². The summed E-state index contributed by atoms with van der Waals surface area (Å²) >= 11 is 0. The molecule has 2 aromatic carbocycles. The molecule has 1 saturated heterocycles. The highest BCUT2D eigenvalue weighted by Gasteiger charge is 2.28. The fourth-order valence-corrected chi connectivity index (χ4v) is 2.93. The molecule has 1 aliphatic rings. The summed E-state index contributed by atoms with van der Waals surface area (Å²) in [7, 11) is 1.60. The number of amides is 1. The van der Waals surface area contributed by atoms with Crippen LogP contribution in [0, 0.1) is 0 Å². The summed E-state index contributed by atoms with van der Waals surface area (Å²) in [5, 5.41) is 0. The Kier molecular flexibility index (Phi) is 3.91. The highest BCUT2D eigenvalue weighted by molar-refractivity contribution is 5.97. The average Bonchev–Trinajstić information content (AvgIpc) is 3.05. The van der Waals surface area contributed by atoms with E-state index < -0.39 is 0 Å². The number of hydrogen-bond acceptors (Lipinski definition) is 2. The molecule has 108 valence electrons. The minimum Gasteiger partial charge on any atom is -0.496 e. The first kappa shape index (κ1) is 13.7. The lowest BCUT2D eigenvalue weighted by Gasteiger charge is -2.18. The normalized spacial score (nSPS) is 17.8. The lowest BCUT2D eigenvalue weighted by Crippen LogP contribution is -2.28. The van der Waals surface area contributed by atoms with Gasteiger partial charge in [-0.2, -0.15) is 0 Å². The number of nitrogens with zero attached hydrogens (tertiary/aromatic N) is 1. The highest BCUT2D eigenvalue weighted by Crippen LogP contribution is 2.29. The standard InChI is InChI=1S/C18H19NO2/c1-21-17-10-6-5-9-16(17)18(20)19-12-11-15(13-19)14-7-3-2-4-8-14/h2-10,15H,11-13H2,1H3. The minimum atomic E-state index is 0.0610. The van der Waals surface area contributed by atoms with E-state index in [-0.39, 0.29) is 5.91 Å². The molecule has 0 radical (unpaired) electrons. The highest BCUT2D eigenvalue weighted by atomic mass is 16.5. The first-order valence-electron chi connectivity index (χ1n) is 7.27. The maximum Gasteiger partial charge on any atom is 0.257 e. The van der Waals surface area contributed by atoms with Crippen LogP contribution in [0.1, 0.15) is 28.3 Å². The number of rotatable bonds is 3. The van der Waals surface area contributed by atoms with E-state index in [1.807, 2.05) is 35.2 Å². The van der Waals surface area contributed by atoms with E-state index in [2.05, 4.69) is 24.3 Å². The van der Waals surface area contributed by atoms with E-state index in [0.717, 1.165) is 19.5 Å². The molecular weight excluding hydrogens is 262 g/mol. The van der Waals surface area contributed by atoms with Crippen molar-refractivity contribution in [2.24, 2.45) is 0 Å². The second kappa shape index (κ2) is 6.00. The molecule has 1 unspecified atom stereocenters. The minimum absolute atomic E-state index is 0.0610. The molecular formula is C18H19NO2. The summed E-state index contributed by atoms with van der Waals surface area (Å²) in [6.07, 6.45) is 1.02. The number of carbonyl (C=O) groups is 1. The molecule has 0 saturated carbocycles. The SMILES string of the molecule is COc1ccccc1C(=O)N1CCC(c2ccccc2)C1. The molecule has 21 heavy (non-hydrogen) atoms. The quantitative estimate of drug-likeness (QED) is 0.863. The largest absolute Gasteiger partial charge is 0.496 e. The first-order valence-corrected chi connectivity index (χ1v) is 7.27. The molecule has 1 aliphatic heterocycles. The van der Waals surface area contributed by atoms with Crippen molar-refractivity contribution in [2.45, 2.75) is 12.3 Å². The third-order valence-corrected chi connectivity index (χ3v) is 4.08. The fraction of sp³-hybridized carbons (Fsp3) is 0.278. The Bertz CT molecular complexity index is 624. The van der Waals surface area contributed by atoms with Crippen LogP contribution in [-0.4, -0.2) is 31.0 Å². The smallest absolute Gasteiger partial charge is 0.257 e. The Labute approximate surface area is 125 Å². The van der Waals surface area contributed by atoms with Crippen LogP contribution in [0.3, 0.4) is 0 Å². The molecule has 2 aromatic rings. The molecule has 3 nitrogen and oxygen atoms in total. The Morgan fingerprint density at radius 3 is 2.57 bits per heavy atom. The van der Waals surface area contributed by atoms with Gasteiger partial charge in [0, 0.05) is 19.0 Å². The third kappa shape index (κ3) is 2.77. The summed E-state index contributed by atoms with van der Waals surface area (Å²) in [6, 6.07) is 17.8.